The highest BCUT2D eigenvalue weighted by atomic mass is 16.6. The van der Waals surface area contributed by atoms with Gasteiger partial charge in [-0.15, -0.1) is 0 Å². The molecule has 0 spiro atoms. The first-order chi connectivity index (χ1) is 12.5. The summed E-state index contributed by atoms with van der Waals surface area (Å²) in [5, 5.41) is 13.6. The Balaban J connectivity index is 1.75. The minimum absolute atomic E-state index is 0.0442. The molecule has 0 aliphatic carbocycles. The molecule has 0 aliphatic heterocycles. The van der Waals surface area contributed by atoms with Crippen molar-refractivity contribution in [2.75, 3.05) is 32.1 Å². The number of rotatable bonds is 9. The molecule has 0 unspecified atom stereocenters. The minimum atomic E-state index is -0.478. The number of likely N-dealkylation sites (N-methyl/N-ethyl adjacent to an activating group) is 1. The lowest BCUT2D eigenvalue weighted by Crippen LogP contribution is -2.31. The molecule has 0 aliphatic rings. The number of hydrogen-bond donors (Lipinski definition) is 1. The van der Waals surface area contributed by atoms with Gasteiger partial charge in [-0.25, -0.2) is 0 Å². The van der Waals surface area contributed by atoms with E-state index >= 15 is 0 Å². The van der Waals surface area contributed by atoms with E-state index in [9.17, 15) is 14.9 Å². The number of nitrogens with zero attached hydrogens (tertiary/aromatic N) is 2. The molecule has 0 bridgehead atoms. The Bertz CT molecular complexity index is 750. The minimum Gasteiger partial charge on any atom is -0.494 e. The van der Waals surface area contributed by atoms with Crippen LogP contribution in [0, 0.1) is 17.0 Å². The number of nitrogens with one attached hydrogen (secondary N) is 1. The van der Waals surface area contributed by atoms with E-state index < -0.39 is 4.92 Å². The third kappa shape index (κ3) is 6.18. The van der Waals surface area contributed by atoms with Crippen molar-refractivity contribution in [1.29, 1.82) is 0 Å². The summed E-state index contributed by atoms with van der Waals surface area (Å²) in [6.07, 6.45) is 0.786. The van der Waals surface area contributed by atoms with Gasteiger partial charge in [-0.05, 0) is 38.1 Å². The van der Waals surface area contributed by atoms with Crippen LogP contribution in [0.2, 0.25) is 0 Å². The number of nitro groups is 1. The second-order valence-corrected chi connectivity index (χ2v) is 6.06. The normalized spacial score (nSPS) is 10.6. The summed E-state index contributed by atoms with van der Waals surface area (Å²) in [6, 6.07) is 14.0. The number of non-ortho nitro benzene ring substituents is 1. The highest BCUT2D eigenvalue weighted by Gasteiger charge is 2.12. The summed E-state index contributed by atoms with van der Waals surface area (Å²) >= 11 is 0. The average Bonchev–Trinajstić information content (AvgIpc) is 2.61. The monoisotopic (exact) mass is 357 g/mol. The van der Waals surface area contributed by atoms with E-state index in [-0.39, 0.29) is 18.1 Å². The van der Waals surface area contributed by atoms with E-state index in [0.29, 0.717) is 18.8 Å². The number of benzene rings is 2. The van der Waals surface area contributed by atoms with Crippen molar-refractivity contribution in [3.05, 3.63) is 64.2 Å². The van der Waals surface area contributed by atoms with Crippen molar-refractivity contribution in [1.82, 2.24) is 4.90 Å². The summed E-state index contributed by atoms with van der Waals surface area (Å²) in [6.45, 7) is 3.27. The molecule has 0 fully saturated rings. The van der Waals surface area contributed by atoms with Crippen LogP contribution in [0.25, 0.3) is 0 Å². The second-order valence-electron chi connectivity index (χ2n) is 6.06. The topological polar surface area (TPSA) is 84.7 Å². The molecular weight excluding hydrogens is 334 g/mol. The van der Waals surface area contributed by atoms with Crippen molar-refractivity contribution in [3.63, 3.8) is 0 Å². The van der Waals surface area contributed by atoms with Crippen LogP contribution in [0.5, 0.6) is 5.75 Å². The molecule has 26 heavy (non-hydrogen) atoms. The van der Waals surface area contributed by atoms with Crippen molar-refractivity contribution < 1.29 is 14.5 Å². The highest BCUT2D eigenvalue weighted by molar-refractivity contribution is 5.93. The maximum atomic E-state index is 12.2. The summed E-state index contributed by atoms with van der Waals surface area (Å²) in [7, 11) is 1.85. The van der Waals surface area contributed by atoms with Crippen molar-refractivity contribution in [3.8, 4) is 5.75 Å². The zero-order valence-corrected chi connectivity index (χ0v) is 15.0. The number of hydrogen-bond acceptors (Lipinski definition) is 5. The van der Waals surface area contributed by atoms with Gasteiger partial charge in [0.2, 0.25) is 5.91 Å². The van der Waals surface area contributed by atoms with Crippen LogP contribution >= 0.6 is 0 Å². The molecule has 7 nitrogen and oxygen atoms in total. The van der Waals surface area contributed by atoms with E-state index in [1.54, 1.807) is 13.0 Å². The Hall–Kier alpha value is -2.93. The fourth-order valence-electron chi connectivity index (χ4n) is 2.41. The van der Waals surface area contributed by atoms with Crippen LogP contribution in [0.3, 0.4) is 0 Å². The zero-order chi connectivity index (χ0) is 18.9. The van der Waals surface area contributed by atoms with Crippen LogP contribution in [-0.2, 0) is 4.79 Å². The SMILES string of the molecule is Cc1ccc([N+](=O)[O-])cc1NC(=O)CN(C)CCCOc1ccccc1. The Morgan fingerprint density at radius 2 is 1.96 bits per heavy atom. The Morgan fingerprint density at radius 3 is 2.65 bits per heavy atom. The molecule has 0 saturated heterocycles. The molecule has 1 N–H and O–H groups in total. The highest BCUT2D eigenvalue weighted by Crippen LogP contribution is 2.21. The number of aryl methyl sites for hydroxylation is 1. The third-order valence-electron chi connectivity index (χ3n) is 3.82. The van der Waals surface area contributed by atoms with Gasteiger partial charge in [0.1, 0.15) is 5.75 Å². The maximum Gasteiger partial charge on any atom is 0.271 e. The number of carbonyl (C=O) groups excluding carboxylic acids is 1. The van der Waals surface area contributed by atoms with E-state index in [2.05, 4.69) is 5.32 Å². The molecule has 0 saturated carbocycles. The van der Waals surface area contributed by atoms with Gasteiger partial charge in [-0.3, -0.25) is 19.8 Å². The first kappa shape index (κ1) is 19.4. The summed E-state index contributed by atoms with van der Waals surface area (Å²) < 4.78 is 5.62. The van der Waals surface area contributed by atoms with Gasteiger partial charge in [0.25, 0.3) is 5.69 Å². The molecule has 7 heteroatoms. The molecule has 2 aromatic rings. The predicted molar refractivity (Wildman–Crippen MR) is 101 cm³/mol. The van der Waals surface area contributed by atoms with Crippen LogP contribution in [0.1, 0.15) is 12.0 Å². The van der Waals surface area contributed by atoms with Crippen LogP contribution in [-0.4, -0.2) is 42.5 Å². The van der Waals surface area contributed by atoms with E-state index in [1.807, 2.05) is 42.3 Å². The van der Waals surface area contributed by atoms with E-state index in [4.69, 9.17) is 4.74 Å². The average molecular weight is 357 g/mol. The van der Waals surface area contributed by atoms with Gasteiger partial charge in [0.05, 0.1) is 23.8 Å². The van der Waals surface area contributed by atoms with Gasteiger partial charge >= 0.3 is 0 Å². The maximum absolute atomic E-state index is 12.2. The van der Waals surface area contributed by atoms with Crippen molar-refractivity contribution >= 4 is 17.3 Å². The molecule has 0 atom stereocenters. The van der Waals surface area contributed by atoms with Crippen LogP contribution in [0.15, 0.2) is 48.5 Å². The summed E-state index contributed by atoms with van der Waals surface area (Å²) in [5.41, 5.74) is 1.20. The molecule has 2 aromatic carbocycles. The first-order valence-electron chi connectivity index (χ1n) is 8.37. The van der Waals surface area contributed by atoms with Gasteiger partial charge in [0, 0.05) is 18.7 Å². The summed E-state index contributed by atoms with van der Waals surface area (Å²) in [4.78, 5) is 24.4. The molecule has 2 rings (SSSR count). The van der Waals surface area contributed by atoms with Crippen molar-refractivity contribution in [2.45, 2.75) is 13.3 Å². The first-order valence-corrected chi connectivity index (χ1v) is 8.37. The van der Waals surface area contributed by atoms with E-state index in [0.717, 1.165) is 17.7 Å². The zero-order valence-electron chi connectivity index (χ0n) is 15.0. The lowest BCUT2D eigenvalue weighted by atomic mass is 10.2. The fraction of sp³-hybridized carbons (Fsp3) is 0.316. The number of nitro benzene ring substituents is 1. The molecule has 0 aromatic heterocycles. The lowest BCUT2D eigenvalue weighted by Gasteiger charge is -2.17. The van der Waals surface area contributed by atoms with Crippen LogP contribution in [0.4, 0.5) is 11.4 Å². The fourth-order valence-corrected chi connectivity index (χ4v) is 2.41. The molecule has 138 valence electrons. The van der Waals surface area contributed by atoms with Crippen molar-refractivity contribution in [2.24, 2.45) is 0 Å². The molecule has 0 heterocycles. The number of anilines is 1. The Labute approximate surface area is 152 Å². The number of para-hydroxylation sites is 1. The Morgan fingerprint density at radius 1 is 1.23 bits per heavy atom. The van der Waals surface area contributed by atoms with E-state index in [1.165, 1.54) is 12.1 Å². The summed E-state index contributed by atoms with van der Waals surface area (Å²) in [5.74, 6) is 0.620. The van der Waals surface area contributed by atoms with Gasteiger partial charge in [-0.1, -0.05) is 24.3 Å². The predicted octanol–water partition coefficient (Wildman–Crippen LogP) is 3.24. The van der Waals surface area contributed by atoms with Gasteiger partial charge in [-0.2, -0.15) is 0 Å². The van der Waals surface area contributed by atoms with Gasteiger partial charge < -0.3 is 10.1 Å². The molecular formula is C19H23N3O4. The number of carbonyl (C=O) groups is 1. The van der Waals surface area contributed by atoms with Gasteiger partial charge in [0.15, 0.2) is 0 Å². The third-order valence-corrected chi connectivity index (χ3v) is 3.82. The lowest BCUT2D eigenvalue weighted by molar-refractivity contribution is -0.384. The number of ether oxygens (including phenoxy) is 1. The number of amides is 1. The van der Waals surface area contributed by atoms with Crippen LogP contribution < -0.4 is 10.1 Å². The second kappa shape index (κ2) is 9.53. The molecule has 0 radical (unpaired) electrons. The quantitative estimate of drug-likeness (QED) is 0.423. The standard InChI is InChI=1S/C19H23N3O4/c1-15-9-10-16(22(24)25)13-18(15)20-19(23)14-21(2)11-6-12-26-17-7-4-3-5-8-17/h3-5,7-10,13H,6,11-12,14H2,1-2H3,(H,20,23). The largest absolute Gasteiger partial charge is 0.494 e. The Kier molecular flexibility index (Phi) is 7.11. The smallest absolute Gasteiger partial charge is 0.271 e. The molecule has 1 amide bonds.